The molecule has 226 valence electrons. The Labute approximate surface area is 257 Å². The molecule has 1 aliphatic carbocycles. The third-order valence-corrected chi connectivity index (χ3v) is 8.29. The Morgan fingerprint density at radius 2 is 1.74 bits per heavy atom. The number of nitro groups is 1. The largest absolute Gasteiger partial charge is 0.481 e. The van der Waals surface area contributed by atoms with Gasteiger partial charge in [0.15, 0.2) is 5.82 Å². The van der Waals surface area contributed by atoms with Crippen molar-refractivity contribution in [3.63, 3.8) is 0 Å². The molecule has 0 radical (unpaired) electrons. The number of rotatable bonds is 13. The van der Waals surface area contributed by atoms with Gasteiger partial charge in [0.05, 0.1) is 17.4 Å². The van der Waals surface area contributed by atoms with Crippen molar-refractivity contribution in [1.29, 1.82) is 0 Å². The van der Waals surface area contributed by atoms with Crippen molar-refractivity contribution in [3.8, 4) is 0 Å². The summed E-state index contributed by atoms with van der Waals surface area (Å²) in [6.07, 6.45) is 4.63. The lowest BCUT2D eigenvalue weighted by Gasteiger charge is -2.42. The Morgan fingerprint density at radius 1 is 1.12 bits per heavy atom. The molecule has 0 bridgehead atoms. The van der Waals surface area contributed by atoms with Gasteiger partial charge in [-0.2, -0.15) is 0 Å². The van der Waals surface area contributed by atoms with Crippen LogP contribution in [0.15, 0.2) is 60.6 Å². The van der Waals surface area contributed by atoms with Gasteiger partial charge >= 0.3 is 5.97 Å². The van der Waals surface area contributed by atoms with Gasteiger partial charge in [-0.1, -0.05) is 68.9 Å². The molecule has 0 spiro atoms. The molecule has 42 heavy (non-hydrogen) atoms. The zero-order valence-corrected chi connectivity index (χ0v) is 25.8. The highest BCUT2D eigenvalue weighted by atomic mass is 35.5. The lowest BCUT2D eigenvalue weighted by molar-refractivity contribution is -0.405. The van der Waals surface area contributed by atoms with E-state index in [0.29, 0.717) is 28.9 Å². The summed E-state index contributed by atoms with van der Waals surface area (Å²) >= 11 is 11.4. The molecule has 3 rings (SSSR count). The van der Waals surface area contributed by atoms with E-state index in [2.05, 4.69) is 31.4 Å². The van der Waals surface area contributed by atoms with Crippen LogP contribution in [0.4, 0.5) is 0 Å². The molecule has 1 aliphatic rings. The highest BCUT2D eigenvalue weighted by Gasteiger charge is 2.34. The van der Waals surface area contributed by atoms with Gasteiger partial charge in [-0.15, -0.1) is 0 Å². The first-order valence-electron chi connectivity index (χ1n) is 14.1. The topological polar surface area (TPSA) is 125 Å². The zero-order valence-electron chi connectivity index (χ0n) is 24.2. The summed E-state index contributed by atoms with van der Waals surface area (Å²) in [4.78, 5) is 36.6. The van der Waals surface area contributed by atoms with Crippen LogP contribution in [-0.2, 0) is 11.3 Å². The third kappa shape index (κ3) is 9.80. The standard InChI is InChI=1S/C31H39ClN4O5S/c1-31(2,3)24-10-14-26(15-11-24)35(18-21-4-6-23(7-5-21)30(39)33-17-16-29(37)38)28(19-36(40)41)34-27(20-42)22-8-12-25(32)13-9-22/h4-9,12-13,19-20,24,26-27,34H,10-11,14-18H2,1-3H3,(H,33,39)(H,37,38)/b28-19-. The van der Waals surface area contributed by atoms with E-state index in [-0.39, 0.29) is 30.3 Å². The van der Waals surface area contributed by atoms with Crippen LogP contribution < -0.4 is 10.6 Å². The minimum Gasteiger partial charge on any atom is -0.481 e. The number of hydrogen-bond acceptors (Lipinski definition) is 7. The molecule has 9 nitrogen and oxygen atoms in total. The van der Waals surface area contributed by atoms with Crippen LogP contribution >= 0.6 is 23.8 Å². The Bertz CT molecular complexity index is 1270. The van der Waals surface area contributed by atoms with Crippen molar-refractivity contribution in [2.75, 3.05) is 6.54 Å². The third-order valence-electron chi connectivity index (χ3n) is 7.76. The maximum absolute atomic E-state index is 12.4. The highest BCUT2D eigenvalue weighted by molar-refractivity contribution is 7.79. The lowest BCUT2D eigenvalue weighted by Crippen LogP contribution is -2.43. The summed E-state index contributed by atoms with van der Waals surface area (Å²) < 4.78 is 0. The smallest absolute Gasteiger partial charge is 0.305 e. The van der Waals surface area contributed by atoms with Crippen LogP contribution in [0.1, 0.15) is 80.4 Å². The Morgan fingerprint density at radius 3 is 2.26 bits per heavy atom. The van der Waals surface area contributed by atoms with E-state index in [1.54, 1.807) is 29.6 Å². The van der Waals surface area contributed by atoms with Crippen LogP contribution in [0.5, 0.6) is 0 Å². The predicted molar refractivity (Wildman–Crippen MR) is 168 cm³/mol. The van der Waals surface area contributed by atoms with E-state index in [1.165, 1.54) is 0 Å². The fraction of sp³-hybridized carbons (Fsp3) is 0.452. The second-order valence-corrected chi connectivity index (χ2v) is 12.4. The number of benzene rings is 2. The molecule has 3 N–H and O–H groups in total. The molecule has 1 fully saturated rings. The molecule has 2 aromatic rings. The molecule has 1 saturated carbocycles. The number of carboxylic acid groups (broad SMARTS) is 1. The van der Waals surface area contributed by atoms with E-state index in [4.69, 9.17) is 28.9 Å². The van der Waals surface area contributed by atoms with Crippen LogP contribution in [0.2, 0.25) is 5.02 Å². The number of aliphatic carboxylic acids is 1. The number of halogens is 1. The molecular weight excluding hydrogens is 576 g/mol. The summed E-state index contributed by atoms with van der Waals surface area (Å²) in [6.45, 7) is 7.18. The summed E-state index contributed by atoms with van der Waals surface area (Å²) in [5, 5.41) is 28.7. The van der Waals surface area contributed by atoms with Crippen molar-refractivity contribution in [2.45, 2.75) is 71.5 Å². The quantitative estimate of drug-likeness (QED) is 0.135. The summed E-state index contributed by atoms with van der Waals surface area (Å²) in [7, 11) is 0. The number of carbonyl (C=O) groups excluding carboxylic acids is 1. The number of thiocarbonyl (C=S) groups is 1. The summed E-state index contributed by atoms with van der Waals surface area (Å²) in [5.74, 6) is -0.423. The lowest BCUT2D eigenvalue weighted by atomic mass is 9.71. The van der Waals surface area contributed by atoms with E-state index >= 15 is 0 Å². The van der Waals surface area contributed by atoms with Crippen molar-refractivity contribution in [2.24, 2.45) is 11.3 Å². The molecule has 0 saturated heterocycles. The van der Waals surface area contributed by atoms with E-state index in [0.717, 1.165) is 43.0 Å². The van der Waals surface area contributed by atoms with Gasteiger partial charge in [0.1, 0.15) is 0 Å². The number of nitrogens with zero attached hydrogens (tertiary/aromatic N) is 2. The molecule has 0 aliphatic heterocycles. The molecule has 1 atom stereocenters. The van der Waals surface area contributed by atoms with Gasteiger partial charge in [0.25, 0.3) is 12.1 Å². The average Bonchev–Trinajstić information content (AvgIpc) is 2.94. The summed E-state index contributed by atoms with van der Waals surface area (Å²) in [6, 6.07) is 13.8. The fourth-order valence-corrected chi connectivity index (χ4v) is 5.68. The number of nitrogens with one attached hydrogen (secondary N) is 2. The van der Waals surface area contributed by atoms with Crippen LogP contribution in [0, 0.1) is 21.4 Å². The first kappa shape index (κ1) is 33.0. The Hall–Kier alpha value is -3.50. The fourth-order valence-electron chi connectivity index (χ4n) is 5.33. The van der Waals surface area contributed by atoms with Crippen LogP contribution in [-0.4, -0.2) is 44.8 Å². The average molecular weight is 615 g/mol. The first-order chi connectivity index (χ1) is 19.9. The number of carbonyl (C=O) groups is 2. The molecule has 0 aromatic heterocycles. The van der Waals surface area contributed by atoms with Crippen LogP contribution in [0.3, 0.4) is 0 Å². The number of amides is 1. The maximum atomic E-state index is 12.4. The molecular formula is C31H39ClN4O5S. The van der Waals surface area contributed by atoms with Gasteiger partial charge in [-0.3, -0.25) is 19.7 Å². The predicted octanol–water partition coefficient (Wildman–Crippen LogP) is 6.36. The molecule has 1 amide bonds. The molecule has 2 aromatic carbocycles. The first-order valence-corrected chi connectivity index (χ1v) is 14.9. The second-order valence-electron chi connectivity index (χ2n) is 11.7. The normalized spacial score (nSPS) is 18.0. The van der Waals surface area contributed by atoms with Gasteiger partial charge in [0, 0.05) is 35.1 Å². The zero-order chi connectivity index (χ0) is 30.9. The van der Waals surface area contributed by atoms with Gasteiger partial charge < -0.3 is 20.6 Å². The Balaban J connectivity index is 1.89. The SMILES string of the molecule is CC(C)(C)C1CCC(N(Cc2ccc(C(=O)NCCC(=O)O)cc2)/C(=C\[N+](=O)[O-])NC(C=S)c2ccc(Cl)cc2)CC1. The number of hydrogen-bond donors (Lipinski definition) is 3. The minimum atomic E-state index is -0.985. The maximum Gasteiger partial charge on any atom is 0.305 e. The van der Waals surface area contributed by atoms with Gasteiger partial charge in [0.2, 0.25) is 0 Å². The van der Waals surface area contributed by atoms with Crippen molar-refractivity contribution >= 4 is 41.1 Å². The van der Waals surface area contributed by atoms with Crippen LogP contribution in [0.25, 0.3) is 0 Å². The summed E-state index contributed by atoms with van der Waals surface area (Å²) in [5.41, 5.74) is 2.30. The van der Waals surface area contributed by atoms with Crippen molar-refractivity contribution in [3.05, 3.63) is 92.4 Å². The molecule has 11 heteroatoms. The minimum absolute atomic E-state index is 0.0380. The van der Waals surface area contributed by atoms with E-state index < -0.39 is 16.9 Å². The monoisotopic (exact) mass is 614 g/mol. The van der Waals surface area contributed by atoms with Gasteiger partial charge in [-0.25, -0.2) is 0 Å². The molecule has 0 heterocycles. The second kappa shape index (κ2) is 15.1. The Kier molecular flexibility index (Phi) is 11.9. The van der Waals surface area contributed by atoms with Crippen molar-refractivity contribution in [1.82, 2.24) is 15.5 Å². The van der Waals surface area contributed by atoms with E-state index in [1.807, 2.05) is 29.2 Å². The van der Waals surface area contributed by atoms with E-state index in [9.17, 15) is 19.7 Å². The number of carboxylic acids is 1. The van der Waals surface area contributed by atoms with Crippen molar-refractivity contribution < 1.29 is 19.6 Å². The van der Waals surface area contributed by atoms with Gasteiger partial charge in [-0.05, 0) is 72.4 Å². The molecule has 1 unspecified atom stereocenters. The highest BCUT2D eigenvalue weighted by Crippen LogP contribution is 2.40.